The number of para-hydroxylation sites is 1. The molecular formula is C25H33Cl5N4. The Bertz CT molecular complexity index is 1140. The number of benzene rings is 2. The van der Waals surface area contributed by atoms with E-state index in [1.54, 1.807) is 0 Å². The molecular weight excluding hydrogens is 534 g/mol. The summed E-state index contributed by atoms with van der Waals surface area (Å²) in [4.78, 5) is 7.18. The molecule has 0 spiro atoms. The minimum Gasteiger partial charge on any atom is -0.334 e. The first-order valence-corrected chi connectivity index (χ1v) is 11.1. The number of halogens is 5. The van der Waals surface area contributed by atoms with Gasteiger partial charge in [-0.25, -0.2) is 0 Å². The van der Waals surface area contributed by atoms with Crippen molar-refractivity contribution in [2.45, 2.75) is 26.9 Å². The van der Waals surface area contributed by atoms with Crippen LogP contribution in [-0.2, 0) is 13.1 Å². The molecule has 0 unspecified atom stereocenters. The number of hydrogen-bond acceptors (Lipinski definition) is 3. The van der Waals surface area contributed by atoms with Gasteiger partial charge in [0.1, 0.15) is 0 Å². The maximum atomic E-state index is 6.25. The molecule has 2 aromatic heterocycles. The summed E-state index contributed by atoms with van der Waals surface area (Å²) in [7, 11) is 0. The van der Waals surface area contributed by atoms with E-state index in [1.165, 1.54) is 27.4 Å². The average molecular weight is 567 g/mol. The van der Waals surface area contributed by atoms with Crippen molar-refractivity contribution in [3.05, 3.63) is 77.1 Å². The van der Waals surface area contributed by atoms with Crippen LogP contribution in [0.4, 0.5) is 0 Å². The van der Waals surface area contributed by atoms with Crippen molar-refractivity contribution in [2.24, 2.45) is 0 Å². The Morgan fingerprint density at radius 2 is 1.65 bits per heavy atom. The lowest BCUT2D eigenvalue weighted by Gasteiger charge is -2.18. The second-order valence-corrected chi connectivity index (χ2v) is 8.03. The molecule has 4 aromatic rings. The molecule has 0 aliphatic rings. The number of aromatic nitrogens is 2. The maximum Gasteiger partial charge on any atom is 0.0784 e. The van der Waals surface area contributed by atoms with Crippen LogP contribution in [0.25, 0.3) is 21.8 Å². The molecule has 9 heteroatoms. The molecule has 0 bridgehead atoms. The van der Waals surface area contributed by atoms with E-state index in [0.717, 1.165) is 50.0 Å². The van der Waals surface area contributed by atoms with Crippen LogP contribution in [0.5, 0.6) is 0 Å². The highest BCUT2D eigenvalue weighted by Crippen LogP contribution is 2.31. The fourth-order valence-corrected chi connectivity index (χ4v) is 4.38. The second-order valence-electron chi connectivity index (χ2n) is 7.59. The third-order valence-corrected chi connectivity index (χ3v) is 6.01. The van der Waals surface area contributed by atoms with Crippen LogP contribution in [0, 0.1) is 0 Å². The van der Waals surface area contributed by atoms with Gasteiger partial charge in [-0.3, -0.25) is 4.98 Å². The van der Waals surface area contributed by atoms with Crippen molar-refractivity contribution in [1.29, 1.82) is 0 Å². The summed E-state index contributed by atoms with van der Waals surface area (Å²) >= 11 is 6.25. The van der Waals surface area contributed by atoms with E-state index >= 15 is 0 Å². The zero-order valence-corrected chi connectivity index (χ0v) is 23.4. The molecule has 0 atom stereocenters. The highest BCUT2D eigenvalue weighted by atomic mass is 35.5. The van der Waals surface area contributed by atoms with Crippen molar-refractivity contribution >= 4 is 83.0 Å². The summed E-state index contributed by atoms with van der Waals surface area (Å²) in [5.41, 5.74) is 4.71. The van der Waals surface area contributed by atoms with Crippen molar-refractivity contribution in [2.75, 3.05) is 26.2 Å². The quantitative estimate of drug-likeness (QED) is 0.221. The Hall–Kier alpha value is -1.24. The highest BCUT2D eigenvalue weighted by molar-refractivity contribution is 6.30. The smallest absolute Gasteiger partial charge is 0.0784 e. The third kappa shape index (κ3) is 7.38. The zero-order chi connectivity index (χ0) is 20.9. The molecule has 2 aromatic carbocycles. The van der Waals surface area contributed by atoms with Crippen molar-refractivity contribution in [1.82, 2.24) is 19.8 Å². The Labute approximate surface area is 232 Å². The summed E-state index contributed by atoms with van der Waals surface area (Å²) in [6, 6.07) is 18.8. The molecule has 0 fully saturated rings. The zero-order valence-electron chi connectivity index (χ0n) is 19.4. The minimum absolute atomic E-state index is 0. The number of hydrogen-bond donors (Lipinski definition) is 1. The van der Waals surface area contributed by atoms with Gasteiger partial charge < -0.3 is 14.8 Å². The molecule has 4 nitrogen and oxygen atoms in total. The Kier molecular flexibility index (Phi) is 15.1. The van der Waals surface area contributed by atoms with Gasteiger partial charge in [0.05, 0.1) is 11.2 Å². The number of pyridine rings is 1. The molecule has 0 saturated heterocycles. The van der Waals surface area contributed by atoms with Gasteiger partial charge in [0.25, 0.3) is 0 Å². The van der Waals surface area contributed by atoms with E-state index in [2.05, 4.69) is 65.0 Å². The van der Waals surface area contributed by atoms with Crippen molar-refractivity contribution in [3.8, 4) is 0 Å². The normalized spacial score (nSPS) is 10.4. The van der Waals surface area contributed by atoms with Crippen LogP contribution in [0.15, 0.2) is 60.8 Å². The Balaban J connectivity index is 0.00000272. The van der Waals surface area contributed by atoms with Crippen molar-refractivity contribution < 1.29 is 0 Å². The molecule has 0 radical (unpaired) electrons. The van der Waals surface area contributed by atoms with Gasteiger partial charge in [-0.2, -0.15) is 0 Å². The van der Waals surface area contributed by atoms with E-state index in [1.807, 2.05) is 24.4 Å². The van der Waals surface area contributed by atoms with Gasteiger partial charge in [0, 0.05) is 53.7 Å². The molecule has 0 aliphatic heterocycles. The lowest BCUT2D eigenvalue weighted by Crippen LogP contribution is -2.31. The lowest BCUT2D eigenvalue weighted by atomic mass is 10.1. The Morgan fingerprint density at radius 3 is 2.35 bits per heavy atom. The fourth-order valence-electron chi connectivity index (χ4n) is 4.17. The van der Waals surface area contributed by atoms with E-state index < -0.39 is 0 Å². The molecule has 34 heavy (non-hydrogen) atoms. The predicted octanol–water partition coefficient (Wildman–Crippen LogP) is 7.01. The van der Waals surface area contributed by atoms with Crippen LogP contribution in [0.2, 0.25) is 5.02 Å². The van der Waals surface area contributed by atoms with Crippen LogP contribution in [-0.4, -0.2) is 40.6 Å². The van der Waals surface area contributed by atoms with E-state index in [-0.39, 0.29) is 49.6 Å². The molecule has 0 aliphatic carbocycles. The summed E-state index contributed by atoms with van der Waals surface area (Å²) in [6.45, 7) is 10.1. The van der Waals surface area contributed by atoms with E-state index in [4.69, 9.17) is 16.6 Å². The lowest BCUT2D eigenvalue weighted by molar-refractivity contribution is 0.302. The first-order chi connectivity index (χ1) is 14.7. The topological polar surface area (TPSA) is 33.1 Å². The van der Waals surface area contributed by atoms with Crippen LogP contribution in [0.3, 0.4) is 0 Å². The number of nitrogens with zero attached hydrogens (tertiary/aromatic N) is 3. The summed E-state index contributed by atoms with van der Waals surface area (Å²) in [5.74, 6) is 0. The SMILES string of the molecule is CCN(CC)CCNCc1nccc2c3ccccc3n(Cc3cccc(Cl)c3)c12.Cl.Cl.Cl.Cl. The van der Waals surface area contributed by atoms with Crippen LogP contribution < -0.4 is 5.32 Å². The molecule has 2 heterocycles. The van der Waals surface area contributed by atoms with E-state index in [0.29, 0.717) is 0 Å². The van der Waals surface area contributed by atoms with Gasteiger partial charge >= 0.3 is 0 Å². The van der Waals surface area contributed by atoms with Gasteiger partial charge in [0.2, 0.25) is 0 Å². The summed E-state index contributed by atoms with van der Waals surface area (Å²) in [6.07, 6.45) is 1.93. The monoisotopic (exact) mass is 564 g/mol. The first kappa shape index (κ1) is 32.8. The third-order valence-electron chi connectivity index (χ3n) is 5.78. The highest BCUT2D eigenvalue weighted by Gasteiger charge is 2.15. The van der Waals surface area contributed by atoms with Crippen LogP contribution in [0.1, 0.15) is 25.1 Å². The van der Waals surface area contributed by atoms with Crippen LogP contribution >= 0.6 is 61.2 Å². The average Bonchev–Trinajstić information content (AvgIpc) is 3.08. The summed E-state index contributed by atoms with van der Waals surface area (Å²) in [5, 5.41) is 6.89. The minimum atomic E-state index is 0. The fraction of sp³-hybridized carbons (Fsp3) is 0.320. The van der Waals surface area contributed by atoms with Gasteiger partial charge in [0.15, 0.2) is 0 Å². The number of nitrogens with one attached hydrogen (secondary N) is 1. The molecule has 4 rings (SSSR count). The largest absolute Gasteiger partial charge is 0.334 e. The molecule has 188 valence electrons. The molecule has 0 saturated carbocycles. The maximum absolute atomic E-state index is 6.25. The standard InChI is InChI=1S/C25H29ClN4.4ClH/c1-3-29(4-2)15-14-27-17-23-25-22(12-13-28-23)21-10-5-6-11-24(21)30(25)18-19-8-7-9-20(26)16-19;;;;/h5-13,16,27H,3-4,14-15,17-18H2,1-2H3;4*1H. The van der Waals surface area contributed by atoms with Gasteiger partial charge in [-0.15, -0.1) is 49.6 Å². The number of fused-ring (bicyclic) bond motifs is 3. The number of likely N-dealkylation sites (N-methyl/N-ethyl adjacent to an activating group) is 1. The summed E-state index contributed by atoms with van der Waals surface area (Å²) < 4.78 is 2.38. The molecule has 0 amide bonds. The first-order valence-electron chi connectivity index (χ1n) is 10.7. The number of rotatable bonds is 9. The predicted molar refractivity (Wildman–Crippen MR) is 156 cm³/mol. The van der Waals surface area contributed by atoms with Crippen molar-refractivity contribution in [3.63, 3.8) is 0 Å². The molecule has 1 N–H and O–H groups in total. The second kappa shape index (κ2) is 15.7. The Morgan fingerprint density at radius 1 is 0.912 bits per heavy atom. The van der Waals surface area contributed by atoms with Gasteiger partial charge in [-0.1, -0.05) is 55.8 Å². The van der Waals surface area contributed by atoms with Gasteiger partial charge in [-0.05, 0) is 42.9 Å². The van der Waals surface area contributed by atoms with E-state index in [9.17, 15) is 0 Å².